The second-order valence-electron chi connectivity index (χ2n) is 3.79. The van der Waals surface area contributed by atoms with Crippen molar-refractivity contribution in [2.24, 2.45) is 0 Å². The summed E-state index contributed by atoms with van der Waals surface area (Å²) in [5.74, 6) is 0. The van der Waals surface area contributed by atoms with Crippen LogP contribution in [0.2, 0.25) is 5.02 Å². The summed E-state index contributed by atoms with van der Waals surface area (Å²) in [6.45, 7) is 1.27. The topological polar surface area (TPSA) is 77.3 Å². The summed E-state index contributed by atoms with van der Waals surface area (Å²) in [5, 5.41) is 14.0. The standard InChI is InChI=1S/C10H12ClN3O3/c11-8-5-12-6-9(14(15)16)10(8)13-4-7-2-1-3-17-7/h5-7H,1-4H2,(H,12,13). The molecule has 1 aliphatic rings. The Morgan fingerprint density at radius 3 is 3.12 bits per heavy atom. The summed E-state index contributed by atoms with van der Waals surface area (Å²) >= 11 is 5.89. The molecule has 0 aliphatic carbocycles. The fraction of sp³-hybridized carbons (Fsp3) is 0.500. The Balaban J connectivity index is 2.10. The predicted molar refractivity (Wildman–Crippen MR) is 63.4 cm³/mol. The number of anilines is 1. The molecular weight excluding hydrogens is 246 g/mol. The van der Waals surface area contributed by atoms with E-state index in [1.165, 1.54) is 12.4 Å². The van der Waals surface area contributed by atoms with Crippen molar-refractivity contribution in [2.75, 3.05) is 18.5 Å². The van der Waals surface area contributed by atoms with E-state index in [1.807, 2.05) is 0 Å². The molecule has 1 N–H and O–H groups in total. The van der Waals surface area contributed by atoms with E-state index in [-0.39, 0.29) is 16.8 Å². The zero-order valence-electron chi connectivity index (χ0n) is 9.06. The van der Waals surface area contributed by atoms with Gasteiger partial charge in [0, 0.05) is 19.3 Å². The van der Waals surface area contributed by atoms with Gasteiger partial charge in [0.25, 0.3) is 0 Å². The van der Waals surface area contributed by atoms with Crippen molar-refractivity contribution in [3.63, 3.8) is 0 Å². The van der Waals surface area contributed by atoms with Crippen LogP contribution in [0.1, 0.15) is 12.8 Å². The van der Waals surface area contributed by atoms with Crippen LogP contribution in [0.4, 0.5) is 11.4 Å². The molecule has 1 aliphatic heterocycles. The second kappa shape index (κ2) is 5.29. The lowest BCUT2D eigenvalue weighted by molar-refractivity contribution is -0.384. The number of ether oxygens (including phenoxy) is 1. The number of aromatic nitrogens is 1. The van der Waals surface area contributed by atoms with Crippen LogP contribution in [0.15, 0.2) is 12.4 Å². The number of pyridine rings is 1. The first-order valence-corrected chi connectivity index (χ1v) is 5.69. The summed E-state index contributed by atoms with van der Waals surface area (Å²) in [7, 11) is 0. The molecule has 0 radical (unpaired) electrons. The first kappa shape index (κ1) is 12.1. The quantitative estimate of drug-likeness (QED) is 0.661. The number of nitrogens with one attached hydrogen (secondary N) is 1. The summed E-state index contributed by atoms with van der Waals surface area (Å²) in [6.07, 6.45) is 4.65. The first-order chi connectivity index (χ1) is 8.18. The number of halogens is 1. The minimum atomic E-state index is -0.503. The molecule has 0 bridgehead atoms. The molecule has 1 atom stereocenters. The number of hydrogen-bond acceptors (Lipinski definition) is 5. The van der Waals surface area contributed by atoms with Crippen LogP contribution < -0.4 is 5.32 Å². The van der Waals surface area contributed by atoms with Crippen LogP contribution in [0, 0.1) is 10.1 Å². The van der Waals surface area contributed by atoms with E-state index < -0.39 is 4.92 Å². The Morgan fingerprint density at radius 2 is 2.47 bits per heavy atom. The van der Waals surface area contributed by atoms with Crippen molar-refractivity contribution >= 4 is 23.0 Å². The van der Waals surface area contributed by atoms with Gasteiger partial charge in [-0.15, -0.1) is 0 Å². The lowest BCUT2D eigenvalue weighted by atomic mass is 10.2. The SMILES string of the molecule is O=[N+]([O-])c1cncc(Cl)c1NCC1CCCO1. The number of hydrogen-bond donors (Lipinski definition) is 1. The van der Waals surface area contributed by atoms with E-state index in [0.29, 0.717) is 12.2 Å². The highest BCUT2D eigenvalue weighted by Crippen LogP contribution is 2.30. The van der Waals surface area contributed by atoms with Crippen molar-refractivity contribution in [3.8, 4) is 0 Å². The van der Waals surface area contributed by atoms with Crippen molar-refractivity contribution in [1.29, 1.82) is 0 Å². The van der Waals surface area contributed by atoms with Gasteiger partial charge in [-0.1, -0.05) is 11.6 Å². The second-order valence-corrected chi connectivity index (χ2v) is 4.20. The Labute approximate surface area is 103 Å². The molecule has 0 amide bonds. The monoisotopic (exact) mass is 257 g/mol. The summed E-state index contributed by atoms with van der Waals surface area (Å²) in [4.78, 5) is 14.0. The fourth-order valence-electron chi connectivity index (χ4n) is 1.76. The maximum atomic E-state index is 10.8. The van der Waals surface area contributed by atoms with E-state index in [2.05, 4.69) is 10.3 Å². The van der Waals surface area contributed by atoms with Crippen LogP contribution in [0.25, 0.3) is 0 Å². The van der Waals surface area contributed by atoms with Gasteiger partial charge in [0.05, 0.1) is 16.0 Å². The predicted octanol–water partition coefficient (Wildman–Crippen LogP) is 2.23. The van der Waals surface area contributed by atoms with Crippen LogP contribution in [0.3, 0.4) is 0 Å². The third kappa shape index (κ3) is 2.83. The normalized spacial score (nSPS) is 19.2. The lowest BCUT2D eigenvalue weighted by Gasteiger charge is -2.12. The van der Waals surface area contributed by atoms with Crippen LogP contribution in [-0.2, 0) is 4.74 Å². The first-order valence-electron chi connectivity index (χ1n) is 5.32. The largest absolute Gasteiger partial charge is 0.376 e. The van der Waals surface area contributed by atoms with Gasteiger partial charge in [-0.2, -0.15) is 0 Å². The maximum absolute atomic E-state index is 10.8. The smallest absolute Gasteiger partial charge is 0.311 e. The van der Waals surface area contributed by atoms with Gasteiger partial charge >= 0.3 is 5.69 Å². The van der Waals surface area contributed by atoms with Gasteiger partial charge in [-0.3, -0.25) is 15.1 Å². The van der Waals surface area contributed by atoms with E-state index in [0.717, 1.165) is 19.4 Å². The minimum Gasteiger partial charge on any atom is -0.376 e. The van der Waals surface area contributed by atoms with Gasteiger partial charge in [-0.05, 0) is 12.8 Å². The van der Waals surface area contributed by atoms with Crippen LogP contribution >= 0.6 is 11.6 Å². The van der Waals surface area contributed by atoms with Crippen molar-refractivity contribution in [1.82, 2.24) is 4.98 Å². The van der Waals surface area contributed by atoms with E-state index in [4.69, 9.17) is 16.3 Å². The van der Waals surface area contributed by atoms with Gasteiger partial charge in [0.15, 0.2) is 0 Å². The van der Waals surface area contributed by atoms with E-state index in [9.17, 15) is 10.1 Å². The average Bonchev–Trinajstić information content (AvgIpc) is 2.80. The van der Waals surface area contributed by atoms with Gasteiger partial charge in [0.2, 0.25) is 0 Å². The molecular formula is C10H12ClN3O3. The molecule has 1 saturated heterocycles. The van der Waals surface area contributed by atoms with Gasteiger partial charge in [0.1, 0.15) is 11.9 Å². The fourth-order valence-corrected chi connectivity index (χ4v) is 1.98. The molecule has 0 spiro atoms. The molecule has 2 heterocycles. The molecule has 0 saturated carbocycles. The molecule has 1 unspecified atom stereocenters. The minimum absolute atomic E-state index is 0.0961. The molecule has 1 fully saturated rings. The van der Waals surface area contributed by atoms with Crippen LogP contribution in [-0.4, -0.2) is 29.2 Å². The van der Waals surface area contributed by atoms with E-state index in [1.54, 1.807) is 0 Å². The molecule has 92 valence electrons. The third-order valence-corrected chi connectivity index (χ3v) is 2.89. The van der Waals surface area contributed by atoms with Gasteiger partial charge < -0.3 is 10.1 Å². The van der Waals surface area contributed by atoms with Crippen molar-refractivity contribution < 1.29 is 9.66 Å². The highest BCUT2D eigenvalue weighted by molar-refractivity contribution is 6.33. The number of nitro groups is 1. The Kier molecular flexibility index (Phi) is 3.75. The molecule has 1 aromatic heterocycles. The maximum Gasteiger partial charge on any atom is 0.311 e. The average molecular weight is 258 g/mol. The summed E-state index contributed by atoms with van der Waals surface area (Å²) in [5.41, 5.74) is 0.192. The number of nitrogens with zero attached hydrogens (tertiary/aromatic N) is 2. The van der Waals surface area contributed by atoms with E-state index >= 15 is 0 Å². The zero-order chi connectivity index (χ0) is 12.3. The molecule has 2 rings (SSSR count). The Bertz CT molecular complexity index is 421. The summed E-state index contributed by atoms with van der Waals surface area (Å²) < 4.78 is 5.42. The van der Waals surface area contributed by atoms with Crippen molar-refractivity contribution in [2.45, 2.75) is 18.9 Å². The highest BCUT2D eigenvalue weighted by Gasteiger charge is 2.20. The molecule has 6 nitrogen and oxygen atoms in total. The Morgan fingerprint density at radius 1 is 1.65 bits per heavy atom. The number of rotatable bonds is 4. The molecule has 1 aromatic rings. The molecule has 7 heteroatoms. The Hall–Kier alpha value is -1.40. The highest BCUT2D eigenvalue weighted by atomic mass is 35.5. The van der Waals surface area contributed by atoms with Crippen LogP contribution in [0.5, 0.6) is 0 Å². The zero-order valence-corrected chi connectivity index (χ0v) is 9.81. The molecule has 17 heavy (non-hydrogen) atoms. The molecule has 0 aromatic carbocycles. The van der Waals surface area contributed by atoms with Gasteiger partial charge in [-0.25, -0.2) is 0 Å². The lowest BCUT2D eigenvalue weighted by Crippen LogP contribution is -2.19. The summed E-state index contributed by atoms with van der Waals surface area (Å²) in [6, 6.07) is 0. The third-order valence-electron chi connectivity index (χ3n) is 2.61. The van der Waals surface area contributed by atoms with Crippen molar-refractivity contribution in [3.05, 3.63) is 27.5 Å².